The highest BCUT2D eigenvalue weighted by Crippen LogP contribution is 2.28. The summed E-state index contributed by atoms with van der Waals surface area (Å²) in [5.41, 5.74) is 6.75. The van der Waals surface area contributed by atoms with Crippen molar-refractivity contribution in [2.75, 3.05) is 32.8 Å². The van der Waals surface area contributed by atoms with Crippen molar-refractivity contribution in [3.8, 4) is 0 Å². The molecule has 100 valence electrons. The highest BCUT2D eigenvalue weighted by atomic mass is 35.5. The summed E-state index contributed by atoms with van der Waals surface area (Å²) in [6, 6.07) is 4.52. The summed E-state index contributed by atoms with van der Waals surface area (Å²) in [5.74, 6) is -0.321. The number of hydrogen-bond acceptors (Lipinski definition) is 3. The molecule has 1 aliphatic heterocycles. The Morgan fingerprint density at radius 3 is 2.94 bits per heavy atom. The number of nitrogens with zero attached hydrogens (tertiary/aromatic N) is 1. The second-order valence-corrected chi connectivity index (χ2v) is 4.83. The molecule has 1 aliphatic rings. The molecule has 0 saturated carbocycles. The van der Waals surface area contributed by atoms with E-state index in [4.69, 9.17) is 22.1 Å². The zero-order valence-electron chi connectivity index (χ0n) is 10.2. The second-order valence-electron chi connectivity index (χ2n) is 4.42. The molecule has 0 bridgehead atoms. The van der Waals surface area contributed by atoms with Gasteiger partial charge in [0, 0.05) is 37.3 Å². The van der Waals surface area contributed by atoms with Gasteiger partial charge in [-0.05, 0) is 24.1 Å². The molecule has 0 radical (unpaired) electrons. The molecule has 0 amide bonds. The minimum atomic E-state index is -0.321. The molecule has 1 fully saturated rings. The molecule has 3 nitrogen and oxygen atoms in total. The van der Waals surface area contributed by atoms with E-state index in [2.05, 4.69) is 4.90 Å². The quantitative estimate of drug-likeness (QED) is 0.917. The van der Waals surface area contributed by atoms with Crippen LogP contribution in [0.25, 0.3) is 0 Å². The van der Waals surface area contributed by atoms with Gasteiger partial charge in [0.15, 0.2) is 0 Å². The van der Waals surface area contributed by atoms with E-state index >= 15 is 0 Å². The largest absolute Gasteiger partial charge is 0.380 e. The Morgan fingerprint density at radius 1 is 1.39 bits per heavy atom. The summed E-state index contributed by atoms with van der Waals surface area (Å²) in [6.07, 6.45) is 0.981. The first-order chi connectivity index (χ1) is 8.72. The molecule has 0 aliphatic carbocycles. The van der Waals surface area contributed by atoms with Gasteiger partial charge in [-0.25, -0.2) is 4.39 Å². The first-order valence-corrected chi connectivity index (χ1v) is 6.57. The summed E-state index contributed by atoms with van der Waals surface area (Å²) in [5, 5.41) is 0.440. The van der Waals surface area contributed by atoms with Crippen LogP contribution in [-0.2, 0) is 4.74 Å². The fourth-order valence-electron chi connectivity index (χ4n) is 2.32. The molecular formula is C13H18ClFN2O. The number of rotatable bonds is 3. The van der Waals surface area contributed by atoms with Crippen molar-refractivity contribution < 1.29 is 9.13 Å². The maximum atomic E-state index is 13.1. The van der Waals surface area contributed by atoms with Crippen LogP contribution in [0.3, 0.4) is 0 Å². The van der Waals surface area contributed by atoms with Crippen LogP contribution in [0.4, 0.5) is 4.39 Å². The van der Waals surface area contributed by atoms with Gasteiger partial charge in [-0.2, -0.15) is 0 Å². The summed E-state index contributed by atoms with van der Waals surface area (Å²) < 4.78 is 18.5. The zero-order chi connectivity index (χ0) is 13.0. The lowest BCUT2D eigenvalue weighted by molar-refractivity contribution is 0.132. The van der Waals surface area contributed by atoms with E-state index in [1.807, 2.05) is 0 Å². The molecule has 1 unspecified atom stereocenters. The van der Waals surface area contributed by atoms with Crippen LogP contribution < -0.4 is 5.73 Å². The van der Waals surface area contributed by atoms with Crippen LogP contribution >= 0.6 is 11.6 Å². The van der Waals surface area contributed by atoms with Crippen molar-refractivity contribution in [2.24, 2.45) is 5.73 Å². The topological polar surface area (TPSA) is 38.5 Å². The van der Waals surface area contributed by atoms with Crippen LogP contribution in [-0.4, -0.2) is 37.7 Å². The average molecular weight is 273 g/mol. The number of benzene rings is 1. The molecule has 2 rings (SSSR count). The van der Waals surface area contributed by atoms with Gasteiger partial charge < -0.3 is 10.5 Å². The molecule has 1 aromatic carbocycles. The molecule has 1 atom stereocenters. The van der Waals surface area contributed by atoms with Crippen LogP contribution in [0.5, 0.6) is 0 Å². The Hall–Kier alpha value is -0.680. The van der Waals surface area contributed by atoms with Crippen LogP contribution in [0, 0.1) is 5.82 Å². The van der Waals surface area contributed by atoms with Gasteiger partial charge >= 0.3 is 0 Å². The zero-order valence-corrected chi connectivity index (χ0v) is 11.0. The molecule has 2 N–H and O–H groups in total. The first kappa shape index (κ1) is 13.7. The molecular weight excluding hydrogens is 255 g/mol. The van der Waals surface area contributed by atoms with Gasteiger partial charge in [-0.1, -0.05) is 17.7 Å². The Balaban J connectivity index is 2.20. The highest BCUT2D eigenvalue weighted by Gasteiger charge is 2.22. The van der Waals surface area contributed by atoms with E-state index in [0.29, 0.717) is 18.2 Å². The van der Waals surface area contributed by atoms with E-state index in [9.17, 15) is 4.39 Å². The van der Waals surface area contributed by atoms with Crippen LogP contribution in [0.1, 0.15) is 18.0 Å². The van der Waals surface area contributed by atoms with Gasteiger partial charge in [-0.15, -0.1) is 0 Å². The third-order valence-electron chi connectivity index (χ3n) is 3.24. The standard InChI is InChI=1S/C13H18ClFN2O/c14-12-8-10(15)2-3-11(12)13(9-16)17-4-1-6-18-7-5-17/h2-3,8,13H,1,4-7,9,16H2. The van der Waals surface area contributed by atoms with Crippen molar-refractivity contribution in [1.82, 2.24) is 4.90 Å². The first-order valence-electron chi connectivity index (χ1n) is 6.19. The van der Waals surface area contributed by atoms with Crippen LogP contribution in [0.2, 0.25) is 5.02 Å². The predicted molar refractivity (Wildman–Crippen MR) is 70.2 cm³/mol. The SMILES string of the molecule is NCC(c1ccc(F)cc1Cl)N1CCCOCC1. The van der Waals surface area contributed by atoms with Gasteiger partial charge in [0.2, 0.25) is 0 Å². The average Bonchev–Trinajstić information content (AvgIpc) is 2.62. The molecule has 1 aromatic rings. The Kier molecular flexibility index (Phi) is 4.95. The Labute approximate surface area is 112 Å². The molecule has 1 saturated heterocycles. The van der Waals surface area contributed by atoms with E-state index in [0.717, 1.165) is 31.7 Å². The lowest BCUT2D eigenvalue weighted by atomic mass is 10.0. The Morgan fingerprint density at radius 2 is 2.22 bits per heavy atom. The van der Waals surface area contributed by atoms with Gasteiger partial charge in [0.1, 0.15) is 5.82 Å². The fraction of sp³-hybridized carbons (Fsp3) is 0.538. The van der Waals surface area contributed by atoms with E-state index in [1.165, 1.54) is 12.1 Å². The Bertz CT molecular complexity index is 395. The van der Waals surface area contributed by atoms with E-state index < -0.39 is 0 Å². The van der Waals surface area contributed by atoms with Gasteiger partial charge in [0.25, 0.3) is 0 Å². The minimum Gasteiger partial charge on any atom is -0.380 e. The number of ether oxygens (including phenoxy) is 1. The highest BCUT2D eigenvalue weighted by molar-refractivity contribution is 6.31. The van der Waals surface area contributed by atoms with E-state index in [-0.39, 0.29) is 11.9 Å². The summed E-state index contributed by atoms with van der Waals surface area (Å²) in [4.78, 5) is 2.26. The van der Waals surface area contributed by atoms with Gasteiger partial charge in [-0.3, -0.25) is 4.90 Å². The molecule has 0 aromatic heterocycles. The normalized spacial score (nSPS) is 19.5. The summed E-state index contributed by atoms with van der Waals surface area (Å²) >= 11 is 6.11. The van der Waals surface area contributed by atoms with Crippen molar-refractivity contribution in [3.05, 3.63) is 34.6 Å². The van der Waals surface area contributed by atoms with Crippen molar-refractivity contribution in [2.45, 2.75) is 12.5 Å². The third kappa shape index (κ3) is 3.20. The number of hydrogen-bond donors (Lipinski definition) is 1. The molecule has 1 heterocycles. The monoisotopic (exact) mass is 272 g/mol. The predicted octanol–water partition coefficient (Wildman–Crippen LogP) is 2.20. The lowest BCUT2D eigenvalue weighted by Gasteiger charge is -2.30. The smallest absolute Gasteiger partial charge is 0.124 e. The summed E-state index contributed by atoms with van der Waals surface area (Å²) in [7, 11) is 0. The minimum absolute atomic E-state index is 0.0276. The molecule has 0 spiro atoms. The lowest BCUT2D eigenvalue weighted by Crippen LogP contribution is -2.35. The van der Waals surface area contributed by atoms with Crippen LogP contribution in [0.15, 0.2) is 18.2 Å². The van der Waals surface area contributed by atoms with Crippen molar-refractivity contribution >= 4 is 11.6 Å². The molecule has 5 heteroatoms. The number of nitrogens with two attached hydrogens (primary N) is 1. The van der Waals surface area contributed by atoms with Crippen molar-refractivity contribution in [1.29, 1.82) is 0 Å². The second kappa shape index (κ2) is 6.48. The maximum absolute atomic E-state index is 13.1. The van der Waals surface area contributed by atoms with Gasteiger partial charge in [0.05, 0.1) is 6.61 Å². The number of halogens is 2. The van der Waals surface area contributed by atoms with Crippen molar-refractivity contribution in [3.63, 3.8) is 0 Å². The fourth-order valence-corrected chi connectivity index (χ4v) is 2.61. The third-order valence-corrected chi connectivity index (χ3v) is 3.57. The van der Waals surface area contributed by atoms with E-state index in [1.54, 1.807) is 6.07 Å². The summed E-state index contributed by atoms with van der Waals surface area (Å²) in [6.45, 7) is 3.71. The molecule has 18 heavy (non-hydrogen) atoms. The maximum Gasteiger partial charge on any atom is 0.124 e.